The van der Waals surface area contributed by atoms with E-state index in [4.69, 9.17) is 14.3 Å². The minimum atomic E-state index is -4.35. The van der Waals surface area contributed by atoms with Gasteiger partial charge in [0.15, 0.2) is 5.78 Å². The fourth-order valence-corrected chi connectivity index (χ4v) is 10.8. The molecule has 1 aliphatic heterocycles. The van der Waals surface area contributed by atoms with Crippen LogP contribution >= 0.6 is 0 Å². The molecule has 1 aromatic rings. The first-order valence-corrected chi connectivity index (χ1v) is 25.0. The van der Waals surface area contributed by atoms with E-state index in [1.807, 2.05) is 0 Å². The molecule has 0 saturated heterocycles. The Balaban J connectivity index is 1.30. The number of fused-ring (bicyclic) bond motifs is 5. The van der Waals surface area contributed by atoms with Crippen LogP contribution in [-0.4, -0.2) is 67.2 Å². The van der Waals surface area contributed by atoms with Gasteiger partial charge in [-0.1, -0.05) is 163 Å². The molecule has 1 aromatic carbocycles. The zero-order valence-electron chi connectivity index (χ0n) is 40.9. The van der Waals surface area contributed by atoms with E-state index in [0.29, 0.717) is 31.9 Å². The van der Waals surface area contributed by atoms with Gasteiger partial charge in [0.2, 0.25) is 0 Å². The van der Waals surface area contributed by atoms with Crippen molar-refractivity contribution < 1.29 is 41.5 Å². The lowest BCUT2D eigenvalue weighted by Gasteiger charge is -2.37. The van der Waals surface area contributed by atoms with Crippen LogP contribution in [0, 0.1) is 41.4 Å². The van der Waals surface area contributed by atoms with Crippen LogP contribution in [-0.2, 0) is 30.3 Å². The fourth-order valence-electron chi connectivity index (χ4n) is 10.8. The number of halogens is 4. The summed E-state index contributed by atoms with van der Waals surface area (Å²) in [5, 5.41) is 4.25. The van der Waals surface area contributed by atoms with Gasteiger partial charge in [-0.2, -0.15) is 8.78 Å². The average molecular weight is 931 g/mol. The normalized spacial score (nSPS) is 26.9. The maximum absolute atomic E-state index is 15.1. The highest BCUT2D eigenvalue weighted by Gasteiger charge is 2.45. The Morgan fingerprint density at radius 2 is 1.61 bits per heavy atom. The molecule has 366 valence electrons. The minimum absolute atomic E-state index is 0.0872. The Morgan fingerprint density at radius 1 is 0.910 bits per heavy atom. The number of carbonyl (C=O) groups excluding carboxylic acids is 2. The second kappa shape index (κ2) is 24.3. The molecule has 0 fully saturated rings. The molecule has 0 radical (unpaired) electrons. The van der Waals surface area contributed by atoms with Gasteiger partial charge in [0.1, 0.15) is 6.61 Å². The van der Waals surface area contributed by atoms with Crippen LogP contribution < -0.4 is 0 Å². The zero-order chi connectivity index (χ0) is 48.3. The van der Waals surface area contributed by atoms with Crippen molar-refractivity contribution in [2.75, 3.05) is 26.4 Å². The van der Waals surface area contributed by atoms with E-state index >= 15 is 4.79 Å². The summed E-state index contributed by atoms with van der Waals surface area (Å²) in [5.74, 6) is -5.61. The molecule has 0 saturated carbocycles. The first kappa shape index (κ1) is 52.0. The molecule has 2 bridgehead atoms. The number of ether oxygens (including phenoxy) is 2. The van der Waals surface area contributed by atoms with Crippen molar-refractivity contribution in [2.45, 2.75) is 144 Å². The number of rotatable bonds is 24. The largest absolute Gasteiger partial charge is 0.380 e. The Labute approximate surface area is 397 Å². The van der Waals surface area contributed by atoms with Gasteiger partial charge in [0, 0.05) is 61.9 Å². The summed E-state index contributed by atoms with van der Waals surface area (Å²) in [5.41, 5.74) is 8.69. The molecule has 5 unspecified atom stereocenters. The highest BCUT2D eigenvalue weighted by molar-refractivity contribution is 6.00. The Kier molecular flexibility index (Phi) is 18.9. The van der Waals surface area contributed by atoms with E-state index < -0.39 is 36.9 Å². The number of hydrogen-bond acceptors (Lipinski definition) is 7. The minimum Gasteiger partial charge on any atom is -0.380 e. The van der Waals surface area contributed by atoms with Crippen LogP contribution in [0.2, 0.25) is 0 Å². The molecule has 0 N–H and O–H groups in total. The van der Waals surface area contributed by atoms with Crippen LogP contribution in [0.5, 0.6) is 0 Å². The van der Waals surface area contributed by atoms with Gasteiger partial charge < -0.3 is 19.2 Å². The van der Waals surface area contributed by atoms with E-state index in [1.54, 1.807) is 18.2 Å². The predicted octanol–water partition coefficient (Wildman–Crippen LogP) is 13.6. The maximum Gasteiger partial charge on any atom is 0.331 e. The van der Waals surface area contributed by atoms with Gasteiger partial charge in [-0.25, -0.2) is 13.6 Å². The first-order valence-electron chi connectivity index (χ1n) is 25.0. The third-order valence-corrected chi connectivity index (χ3v) is 14.8. The third kappa shape index (κ3) is 13.0. The maximum atomic E-state index is 15.1. The number of oxime groups is 1. The fraction of sp³-hybridized carbons (Fsp3) is 0.589. The molecule has 0 amide bonds. The quantitative estimate of drug-likeness (QED) is 0.0257. The predicted molar refractivity (Wildman–Crippen MR) is 259 cm³/mol. The third-order valence-electron chi connectivity index (χ3n) is 14.8. The van der Waals surface area contributed by atoms with Crippen molar-refractivity contribution in [2.24, 2.45) is 46.6 Å². The van der Waals surface area contributed by atoms with Crippen molar-refractivity contribution in [3.8, 4) is 0 Å². The second-order valence-electron chi connectivity index (χ2n) is 19.7. The molecule has 0 aromatic heterocycles. The lowest BCUT2D eigenvalue weighted by atomic mass is 9.66. The van der Waals surface area contributed by atoms with E-state index in [2.05, 4.69) is 100 Å². The zero-order valence-corrected chi connectivity index (χ0v) is 40.9. The van der Waals surface area contributed by atoms with Gasteiger partial charge in [0.25, 0.3) is 0 Å². The van der Waals surface area contributed by atoms with E-state index in [1.165, 1.54) is 69.9 Å². The van der Waals surface area contributed by atoms with Crippen molar-refractivity contribution in [1.82, 2.24) is 4.90 Å². The number of carbonyl (C=O) groups is 2. The van der Waals surface area contributed by atoms with E-state index in [0.717, 1.165) is 52.1 Å². The molecule has 7 nitrogen and oxygen atoms in total. The van der Waals surface area contributed by atoms with Gasteiger partial charge in [-0.05, 0) is 71.9 Å². The lowest BCUT2D eigenvalue weighted by Crippen LogP contribution is -2.38. The van der Waals surface area contributed by atoms with E-state index in [9.17, 15) is 22.4 Å². The number of hydrogen-bond donors (Lipinski definition) is 0. The molecular weight excluding hydrogens is 857 g/mol. The Bertz CT molecular complexity index is 2150. The highest BCUT2D eigenvalue weighted by Crippen LogP contribution is 2.52. The standard InChI is InChI=1S/C56H74F4N2O5/c1-8-9-10-11-12-13-14-15-16-19-28-65-29-27-62-49-26-25-43(34-48(61-67-41(7)63)46-23-17-18-24-50(46)66-35-56(59,60)55(57)58)40(6)52(49)47-33-45(32-42-21-20-22-44(31-42)53(47)62)54(64)51-37(3)30-36(2)38(4)39(51)5/h17-18,20-26,30-31,33,37-40,46,50-52,55H,8-16,19,27-29,32,34-35H2,1-7H3/b45-33+,61-48+/t37?,38-,39?,40-,46?,50?,51-,52?/m0/s1. The molecule has 6 rings (SSSR count). The van der Waals surface area contributed by atoms with Crippen molar-refractivity contribution in [1.29, 1.82) is 0 Å². The number of nitrogens with zero attached hydrogens (tertiary/aromatic N) is 2. The summed E-state index contributed by atoms with van der Waals surface area (Å²) in [6, 6.07) is 8.53. The SMILES string of the molecule is CCCCCCCCCCCCOCCN1C2=CC=C(C/C(=N\OC(C)=O)C3C=CC=CC3OCC(F)(F)C(F)F)[C@H](C)C2C2=C1c1cccc(c1)C/C(C(=O)[C@H]1C(C)C=C(C)[C@H](C)C1C)=C\2. The molecule has 5 aliphatic rings. The summed E-state index contributed by atoms with van der Waals surface area (Å²) in [6.45, 7) is 14.7. The van der Waals surface area contributed by atoms with Crippen LogP contribution in [0.3, 0.4) is 0 Å². The smallest absolute Gasteiger partial charge is 0.331 e. The second-order valence-corrected chi connectivity index (χ2v) is 19.7. The van der Waals surface area contributed by atoms with Crippen molar-refractivity contribution in [3.05, 3.63) is 112 Å². The monoisotopic (exact) mass is 931 g/mol. The average Bonchev–Trinajstić information content (AvgIpc) is 3.60. The molecule has 8 atom stereocenters. The van der Waals surface area contributed by atoms with Gasteiger partial charge >= 0.3 is 18.3 Å². The molecule has 4 aliphatic carbocycles. The Hall–Kier alpha value is -4.35. The van der Waals surface area contributed by atoms with Gasteiger partial charge in [0.05, 0.1) is 24.1 Å². The lowest BCUT2D eigenvalue weighted by molar-refractivity contribution is -0.173. The number of allylic oxidation sites excluding steroid dienone is 10. The molecule has 67 heavy (non-hydrogen) atoms. The number of alkyl halides is 4. The number of unbranched alkanes of at least 4 members (excludes halogenated alkanes) is 9. The number of ketones is 1. The van der Waals surface area contributed by atoms with Crippen molar-refractivity contribution >= 4 is 23.2 Å². The highest BCUT2D eigenvalue weighted by atomic mass is 19.3. The van der Waals surface area contributed by atoms with Crippen LogP contribution in [0.1, 0.15) is 130 Å². The molecule has 11 heteroatoms. The van der Waals surface area contributed by atoms with Crippen LogP contribution in [0.4, 0.5) is 17.6 Å². The Morgan fingerprint density at radius 3 is 2.31 bits per heavy atom. The summed E-state index contributed by atoms with van der Waals surface area (Å²) in [4.78, 5) is 34.7. The summed E-state index contributed by atoms with van der Waals surface area (Å²) in [7, 11) is 0. The number of Topliss-reactive ketones (excluding diaryl/α,β-unsaturated/α-hetero) is 1. The summed E-state index contributed by atoms with van der Waals surface area (Å²) in [6.07, 6.45) is 23.4. The summed E-state index contributed by atoms with van der Waals surface area (Å²) < 4.78 is 66.4. The first-order chi connectivity index (χ1) is 32.1. The summed E-state index contributed by atoms with van der Waals surface area (Å²) >= 11 is 0. The van der Waals surface area contributed by atoms with Crippen LogP contribution in [0.25, 0.3) is 5.70 Å². The topological polar surface area (TPSA) is 77.4 Å². The number of benzene rings is 1. The van der Waals surface area contributed by atoms with Crippen LogP contribution in [0.15, 0.2) is 106 Å². The van der Waals surface area contributed by atoms with Crippen molar-refractivity contribution in [3.63, 3.8) is 0 Å². The molecule has 1 heterocycles. The van der Waals surface area contributed by atoms with Gasteiger partial charge in [-0.3, -0.25) is 4.79 Å². The van der Waals surface area contributed by atoms with E-state index in [-0.39, 0.29) is 47.7 Å². The van der Waals surface area contributed by atoms with Gasteiger partial charge in [-0.15, -0.1) is 0 Å². The molecular formula is C56H74F4N2O5. The molecule has 0 spiro atoms.